The van der Waals surface area contributed by atoms with Gasteiger partial charge >= 0.3 is 0 Å². The lowest BCUT2D eigenvalue weighted by molar-refractivity contribution is -0.0290. The van der Waals surface area contributed by atoms with E-state index in [-0.39, 0.29) is 25.8 Å². The van der Waals surface area contributed by atoms with Gasteiger partial charge in [0.2, 0.25) is 0 Å². The number of nitrogens with one attached hydrogen (secondary N) is 1. The highest BCUT2D eigenvalue weighted by Gasteiger charge is 2.44. The number of hydrogen-bond donors (Lipinski definition) is 3. The maximum atomic E-state index is 11.6. The molecule has 4 atom stereocenters. The number of hydrogen-bond acceptors (Lipinski definition) is 7. The summed E-state index contributed by atoms with van der Waals surface area (Å²) >= 11 is 0. The van der Waals surface area contributed by atoms with Crippen molar-refractivity contribution in [3.63, 3.8) is 0 Å². The van der Waals surface area contributed by atoms with Gasteiger partial charge in [-0.3, -0.25) is 13.9 Å². The van der Waals surface area contributed by atoms with Gasteiger partial charge in [0.1, 0.15) is 12.2 Å². The molecule has 0 radical (unpaired) electrons. The Labute approximate surface area is 113 Å². The van der Waals surface area contributed by atoms with Crippen molar-refractivity contribution in [1.29, 1.82) is 0 Å². The van der Waals surface area contributed by atoms with Gasteiger partial charge in [-0.15, -0.1) is 0 Å². The van der Waals surface area contributed by atoms with Crippen LogP contribution in [-0.4, -0.2) is 54.2 Å². The third kappa shape index (κ3) is 1.95. The fraction of sp³-hybridized carbons (Fsp3) is 0.500. The van der Waals surface area contributed by atoms with Crippen LogP contribution >= 0.6 is 8.46 Å². The maximum absolute atomic E-state index is 11.6. The number of ether oxygens (including phenoxy) is 1. The van der Waals surface area contributed by atoms with Crippen LogP contribution in [0, 0.1) is 0 Å². The Kier molecular flexibility index (Phi) is 3.35. The first kappa shape index (κ1) is 13.3. The number of aliphatic hydroxyl groups excluding tert-OH is 2. The summed E-state index contributed by atoms with van der Waals surface area (Å²) in [5, 5.41) is 19.9. The van der Waals surface area contributed by atoms with Crippen LogP contribution in [-0.2, 0) is 9.30 Å². The molecule has 0 aliphatic carbocycles. The van der Waals surface area contributed by atoms with Crippen LogP contribution in [0.5, 0.6) is 0 Å². The molecule has 9 nitrogen and oxygen atoms in total. The number of fused-ring (bicyclic) bond motifs is 1. The van der Waals surface area contributed by atoms with Crippen molar-refractivity contribution in [2.75, 3.05) is 6.16 Å². The fourth-order valence-electron chi connectivity index (χ4n) is 2.23. The summed E-state index contributed by atoms with van der Waals surface area (Å²) in [6.45, 7) is 0. The molecule has 0 saturated carbocycles. The number of imidazole rings is 1. The van der Waals surface area contributed by atoms with Crippen LogP contribution in [0.15, 0.2) is 17.4 Å². The molecule has 3 N–H and O–H groups in total. The molecular weight excluding hydrogens is 287 g/mol. The van der Waals surface area contributed by atoms with Crippen molar-refractivity contribution >= 4 is 19.6 Å². The Morgan fingerprint density at radius 1 is 1.40 bits per heavy atom. The van der Waals surface area contributed by atoms with E-state index in [2.05, 4.69) is 15.0 Å². The molecule has 0 aromatic carbocycles. The van der Waals surface area contributed by atoms with E-state index in [1.54, 1.807) is 0 Å². The van der Waals surface area contributed by atoms with Crippen molar-refractivity contribution in [2.24, 2.45) is 0 Å². The second kappa shape index (κ2) is 5.02. The summed E-state index contributed by atoms with van der Waals surface area (Å²) in [7, 11) is -0.186. The van der Waals surface area contributed by atoms with Crippen LogP contribution < -0.4 is 5.56 Å². The Morgan fingerprint density at radius 3 is 2.95 bits per heavy atom. The van der Waals surface area contributed by atoms with Crippen molar-refractivity contribution < 1.29 is 19.5 Å². The van der Waals surface area contributed by atoms with Gasteiger partial charge in [0.05, 0.1) is 24.9 Å². The van der Waals surface area contributed by atoms with E-state index in [4.69, 9.17) is 4.74 Å². The van der Waals surface area contributed by atoms with Gasteiger partial charge in [0, 0.05) is 0 Å². The van der Waals surface area contributed by atoms with Gasteiger partial charge in [0.25, 0.3) is 5.56 Å². The van der Waals surface area contributed by atoms with E-state index < -0.39 is 30.1 Å². The van der Waals surface area contributed by atoms with E-state index in [0.717, 1.165) is 0 Å². The first-order valence-corrected chi connectivity index (χ1v) is 6.84. The molecular formula is C10H11N4O5P. The average molecular weight is 298 g/mol. The Balaban J connectivity index is 2.01. The molecule has 1 saturated heterocycles. The van der Waals surface area contributed by atoms with Crippen molar-refractivity contribution in [2.45, 2.75) is 24.5 Å². The number of nitrogens with zero attached hydrogens (tertiary/aromatic N) is 3. The molecule has 1 aliphatic heterocycles. The SMILES string of the molecule is O=PC[C@H]1O[C@@H](n2cnc3c(=O)[nH]cnc32)[C@H](O)[C@@H]1O. The van der Waals surface area contributed by atoms with E-state index in [1.807, 2.05) is 0 Å². The van der Waals surface area contributed by atoms with Gasteiger partial charge < -0.3 is 19.9 Å². The summed E-state index contributed by atoms with van der Waals surface area (Å²) in [4.78, 5) is 21.8. The van der Waals surface area contributed by atoms with Crippen LogP contribution in [0.1, 0.15) is 6.23 Å². The second-order valence-corrected chi connectivity index (χ2v) is 5.04. The van der Waals surface area contributed by atoms with Gasteiger partial charge in [0.15, 0.2) is 25.9 Å². The topological polar surface area (TPSA) is 130 Å². The minimum atomic E-state index is -1.22. The molecule has 0 unspecified atom stereocenters. The third-order valence-electron chi connectivity index (χ3n) is 3.23. The lowest BCUT2D eigenvalue weighted by Crippen LogP contribution is -2.32. The lowest BCUT2D eigenvalue weighted by Gasteiger charge is -2.16. The summed E-state index contributed by atoms with van der Waals surface area (Å²) in [6.07, 6.45) is -1.49. The number of H-pyrrole nitrogens is 1. The normalized spacial score (nSPS) is 30.3. The van der Waals surface area contributed by atoms with Crippen molar-refractivity contribution in [3.8, 4) is 0 Å². The van der Waals surface area contributed by atoms with E-state index in [0.29, 0.717) is 0 Å². The molecule has 2 aromatic rings. The molecule has 1 fully saturated rings. The van der Waals surface area contributed by atoms with Gasteiger partial charge in [-0.05, 0) is 0 Å². The van der Waals surface area contributed by atoms with Crippen molar-refractivity contribution in [3.05, 3.63) is 23.0 Å². The zero-order valence-electron chi connectivity index (χ0n) is 10.1. The Bertz CT molecular complexity index is 700. The summed E-state index contributed by atoms with van der Waals surface area (Å²) in [5.41, 5.74) is -0.0510. The molecule has 3 rings (SSSR count). The molecule has 0 amide bonds. The van der Waals surface area contributed by atoms with Crippen LogP contribution in [0.4, 0.5) is 0 Å². The minimum Gasteiger partial charge on any atom is -0.387 e. The summed E-state index contributed by atoms with van der Waals surface area (Å²) in [5.74, 6) is 0. The third-order valence-corrected chi connectivity index (χ3v) is 3.74. The first-order chi connectivity index (χ1) is 9.63. The zero-order valence-corrected chi connectivity index (χ0v) is 11.0. The Morgan fingerprint density at radius 2 is 2.20 bits per heavy atom. The number of rotatable bonds is 3. The summed E-state index contributed by atoms with van der Waals surface area (Å²) in [6, 6.07) is 0. The van der Waals surface area contributed by atoms with Gasteiger partial charge in [-0.25, -0.2) is 9.97 Å². The largest absolute Gasteiger partial charge is 0.387 e. The maximum Gasteiger partial charge on any atom is 0.278 e. The van der Waals surface area contributed by atoms with Crippen LogP contribution in [0.25, 0.3) is 11.2 Å². The second-order valence-electron chi connectivity index (χ2n) is 4.41. The lowest BCUT2D eigenvalue weighted by atomic mass is 10.1. The monoisotopic (exact) mass is 298 g/mol. The number of aliphatic hydroxyl groups is 2. The molecule has 1 aliphatic rings. The van der Waals surface area contributed by atoms with E-state index in [1.165, 1.54) is 17.2 Å². The van der Waals surface area contributed by atoms with Crippen molar-refractivity contribution in [1.82, 2.24) is 19.5 Å². The fourth-order valence-corrected chi connectivity index (χ4v) is 2.68. The standard InChI is InChI=1S/C10H11N4O5P/c15-6-4(1-20-18)19-10(7(6)16)14-3-13-5-8(14)11-2-12-9(5)17/h2-4,6-7,10,15-16H,1H2,(H,11,12,17)/t4-,6-,7-,10-/m1/s1. The highest BCUT2D eigenvalue weighted by Crippen LogP contribution is 2.32. The molecule has 20 heavy (non-hydrogen) atoms. The van der Waals surface area contributed by atoms with E-state index >= 15 is 0 Å². The molecule has 10 heteroatoms. The average Bonchev–Trinajstić information content (AvgIpc) is 2.97. The highest BCUT2D eigenvalue weighted by molar-refractivity contribution is 7.23. The first-order valence-electron chi connectivity index (χ1n) is 5.84. The summed E-state index contributed by atoms with van der Waals surface area (Å²) < 4.78 is 17.5. The molecule has 2 aromatic heterocycles. The zero-order chi connectivity index (χ0) is 14.3. The number of aromatic amines is 1. The quantitative estimate of drug-likeness (QED) is 0.621. The molecule has 106 valence electrons. The minimum absolute atomic E-state index is 0.0648. The smallest absolute Gasteiger partial charge is 0.278 e. The predicted octanol–water partition coefficient (Wildman–Crippen LogP) is -0.970. The Hall–Kier alpha value is -1.67. The van der Waals surface area contributed by atoms with E-state index in [9.17, 15) is 19.6 Å². The van der Waals surface area contributed by atoms with Gasteiger partial charge in [-0.2, -0.15) is 0 Å². The number of aromatic nitrogens is 4. The van der Waals surface area contributed by atoms with Crippen LogP contribution in [0.2, 0.25) is 0 Å². The van der Waals surface area contributed by atoms with Gasteiger partial charge in [-0.1, -0.05) is 0 Å². The van der Waals surface area contributed by atoms with Crippen LogP contribution in [0.3, 0.4) is 0 Å². The molecule has 0 bridgehead atoms. The molecule has 0 spiro atoms. The predicted molar refractivity (Wildman–Crippen MR) is 66.5 cm³/mol. The molecule has 3 heterocycles. The highest BCUT2D eigenvalue weighted by atomic mass is 31.1.